The van der Waals surface area contributed by atoms with E-state index in [1.165, 1.54) is 5.56 Å². The van der Waals surface area contributed by atoms with Gasteiger partial charge in [-0.05, 0) is 44.0 Å². The van der Waals surface area contributed by atoms with Crippen molar-refractivity contribution in [2.45, 2.75) is 25.3 Å². The average Bonchev–Trinajstić information content (AvgIpc) is 2.82. The Balaban J connectivity index is 0.000000414. The quantitative estimate of drug-likeness (QED) is 0.352. The number of benzene rings is 2. The highest BCUT2D eigenvalue weighted by atomic mass is 16.6. The summed E-state index contributed by atoms with van der Waals surface area (Å²) in [5.74, 6) is -2.51. The van der Waals surface area contributed by atoms with Gasteiger partial charge in [0.25, 0.3) is 5.69 Å². The van der Waals surface area contributed by atoms with E-state index in [2.05, 4.69) is 47.2 Å². The van der Waals surface area contributed by atoms with Gasteiger partial charge in [-0.15, -0.1) is 0 Å². The number of anilines is 1. The van der Waals surface area contributed by atoms with Crippen LogP contribution in [0.5, 0.6) is 0 Å². The molecule has 0 amide bonds. The summed E-state index contributed by atoms with van der Waals surface area (Å²) in [6, 6.07) is 18.1. The molecule has 0 aliphatic carbocycles. The molecule has 9 nitrogen and oxygen atoms in total. The van der Waals surface area contributed by atoms with E-state index in [0.29, 0.717) is 18.2 Å². The fourth-order valence-corrected chi connectivity index (χ4v) is 3.63. The van der Waals surface area contributed by atoms with Crippen molar-refractivity contribution in [2.75, 3.05) is 31.6 Å². The third-order valence-corrected chi connectivity index (χ3v) is 5.48. The van der Waals surface area contributed by atoms with Gasteiger partial charge in [-0.3, -0.25) is 10.1 Å². The summed E-state index contributed by atoms with van der Waals surface area (Å²) in [6.07, 6.45) is 4.45. The number of hydrogen-bond donors (Lipinski definition) is 2. The third-order valence-electron chi connectivity index (χ3n) is 5.48. The van der Waals surface area contributed by atoms with Crippen LogP contribution in [0.25, 0.3) is 0 Å². The zero-order valence-corrected chi connectivity index (χ0v) is 18.5. The Labute approximate surface area is 192 Å². The monoisotopic (exact) mass is 455 g/mol. The van der Waals surface area contributed by atoms with Gasteiger partial charge in [-0.2, -0.15) is 0 Å². The van der Waals surface area contributed by atoms with E-state index in [1.54, 1.807) is 12.1 Å². The van der Waals surface area contributed by atoms with Crippen molar-refractivity contribution in [3.63, 3.8) is 0 Å². The van der Waals surface area contributed by atoms with Crippen LogP contribution in [0.1, 0.15) is 18.4 Å². The highest BCUT2D eigenvalue weighted by Crippen LogP contribution is 2.24. The number of nitro benzene ring substituents is 1. The van der Waals surface area contributed by atoms with Crippen molar-refractivity contribution in [1.82, 2.24) is 4.90 Å². The molecule has 0 atom stereocenters. The SMILES string of the molecule is CN(CCc1ccccc1)C1CCN(c2ccc([N+](=O)[O-])cc2)CC1.O=C(O)C=CC(=O)O. The lowest BCUT2D eigenvalue weighted by atomic mass is 10.0. The molecule has 2 aromatic carbocycles. The third kappa shape index (κ3) is 9.12. The minimum atomic E-state index is -1.26. The predicted octanol–water partition coefficient (Wildman–Crippen LogP) is 3.45. The summed E-state index contributed by atoms with van der Waals surface area (Å²) in [4.78, 5) is 34.3. The number of likely N-dealkylation sites (N-methyl/N-ethyl adjacent to an activating group) is 1. The summed E-state index contributed by atoms with van der Waals surface area (Å²) in [7, 11) is 2.22. The Morgan fingerprint density at radius 3 is 2.06 bits per heavy atom. The molecular formula is C24H29N3O6. The van der Waals surface area contributed by atoms with E-state index in [9.17, 15) is 19.7 Å². The van der Waals surface area contributed by atoms with Crippen LogP contribution in [-0.2, 0) is 16.0 Å². The zero-order valence-electron chi connectivity index (χ0n) is 18.5. The number of piperidine rings is 1. The normalized spacial score (nSPS) is 14.1. The molecule has 3 rings (SSSR count). The minimum absolute atomic E-state index is 0.152. The second-order valence-corrected chi connectivity index (χ2v) is 7.72. The number of nitro groups is 1. The Hall–Kier alpha value is -3.72. The molecule has 9 heteroatoms. The van der Waals surface area contributed by atoms with Gasteiger partial charge < -0.3 is 20.0 Å². The Kier molecular flexibility index (Phi) is 10.0. The molecule has 0 radical (unpaired) electrons. The van der Waals surface area contributed by atoms with Gasteiger partial charge in [-0.25, -0.2) is 9.59 Å². The summed E-state index contributed by atoms with van der Waals surface area (Å²) in [5, 5.41) is 26.4. The summed E-state index contributed by atoms with van der Waals surface area (Å²) in [6.45, 7) is 3.07. The number of nitrogens with zero attached hydrogens (tertiary/aromatic N) is 3. The van der Waals surface area contributed by atoms with Gasteiger partial charge in [0.1, 0.15) is 0 Å². The maximum atomic E-state index is 10.8. The molecule has 33 heavy (non-hydrogen) atoms. The van der Waals surface area contributed by atoms with Crippen LogP contribution in [0.2, 0.25) is 0 Å². The van der Waals surface area contributed by atoms with Crippen LogP contribution in [0.15, 0.2) is 66.7 Å². The van der Waals surface area contributed by atoms with E-state index in [1.807, 2.05) is 12.1 Å². The number of rotatable bonds is 8. The van der Waals surface area contributed by atoms with Crippen LogP contribution in [-0.4, -0.2) is 64.7 Å². The van der Waals surface area contributed by atoms with Crippen LogP contribution < -0.4 is 4.90 Å². The van der Waals surface area contributed by atoms with Crippen LogP contribution >= 0.6 is 0 Å². The Morgan fingerprint density at radius 1 is 1.03 bits per heavy atom. The maximum absolute atomic E-state index is 10.8. The van der Waals surface area contributed by atoms with E-state index in [-0.39, 0.29) is 10.6 Å². The first-order valence-electron chi connectivity index (χ1n) is 10.6. The van der Waals surface area contributed by atoms with Gasteiger partial charge >= 0.3 is 11.9 Å². The molecule has 0 unspecified atom stereocenters. The van der Waals surface area contributed by atoms with Crippen LogP contribution in [0.3, 0.4) is 0 Å². The lowest BCUT2D eigenvalue weighted by Gasteiger charge is -2.38. The molecule has 1 heterocycles. The summed E-state index contributed by atoms with van der Waals surface area (Å²) in [5.41, 5.74) is 2.62. The van der Waals surface area contributed by atoms with Crippen molar-refractivity contribution >= 4 is 23.3 Å². The average molecular weight is 456 g/mol. The van der Waals surface area contributed by atoms with Gasteiger partial charge in [0, 0.05) is 55.6 Å². The smallest absolute Gasteiger partial charge is 0.328 e. The highest BCUT2D eigenvalue weighted by Gasteiger charge is 2.22. The van der Waals surface area contributed by atoms with Crippen molar-refractivity contribution in [2.24, 2.45) is 0 Å². The van der Waals surface area contributed by atoms with Crippen molar-refractivity contribution in [3.8, 4) is 0 Å². The standard InChI is InChI=1S/C20H25N3O2.C4H4O4/c1-21(14-11-17-5-3-2-4-6-17)18-12-15-22(16-13-18)19-7-9-20(10-8-19)23(24)25;5-3(6)1-2-4(7)8/h2-10,18H,11-16H2,1H3;1-2H,(H,5,6)(H,7,8). The Morgan fingerprint density at radius 2 is 1.58 bits per heavy atom. The molecule has 2 aromatic rings. The highest BCUT2D eigenvalue weighted by molar-refractivity contribution is 5.89. The number of aliphatic carboxylic acids is 2. The van der Waals surface area contributed by atoms with Crippen LogP contribution in [0.4, 0.5) is 11.4 Å². The molecule has 1 aliphatic rings. The number of non-ortho nitro benzene ring substituents is 1. The largest absolute Gasteiger partial charge is 0.478 e. The molecule has 1 fully saturated rings. The van der Waals surface area contributed by atoms with E-state index in [4.69, 9.17) is 10.2 Å². The van der Waals surface area contributed by atoms with E-state index < -0.39 is 11.9 Å². The van der Waals surface area contributed by atoms with Gasteiger partial charge in [0.05, 0.1) is 4.92 Å². The van der Waals surface area contributed by atoms with E-state index >= 15 is 0 Å². The molecule has 0 aromatic heterocycles. The number of hydrogen-bond acceptors (Lipinski definition) is 6. The predicted molar refractivity (Wildman–Crippen MR) is 126 cm³/mol. The first-order chi connectivity index (χ1) is 15.8. The molecule has 0 saturated carbocycles. The molecule has 0 bridgehead atoms. The first kappa shape index (κ1) is 25.5. The fraction of sp³-hybridized carbons (Fsp3) is 0.333. The van der Waals surface area contributed by atoms with E-state index in [0.717, 1.165) is 44.6 Å². The number of carbonyl (C=O) groups is 2. The van der Waals surface area contributed by atoms with Gasteiger partial charge in [0.2, 0.25) is 0 Å². The fourth-order valence-electron chi connectivity index (χ4n) is 3.63. The second kappa shape index (κ2) is 13.0. The molecule has 176 valence electrons. The minimum Gasteiger partial charge on any atom is -0.478 e. The zero-order chi connectivity index (χ0) is 24.2. The van der Waals surface area contributed by atoms with Crippen LogP contribution in [0, 0.1) is 10.1 Å². The van der Waals surface area contributed by atoms with Crippen molar-refractivity contribution < 1.29 is 24.7 Å². The number of carboxylic acids is 2. The van der Waals surface area contributed by atoms with Crippen molar-refractivity contribution in [3.05, 3.63) is 82.4 Å². The Bertz CT molecular complexity index is 922. The number of carboxylic acid groups (broad SMARTS) is 2. The molecule has 1 saturated heterocycles. The topological polar surface area (TPSA) is 124 Å². The second-order valence-electron chi connectivity index (χ2n) is 7.72. The first-order valence-corrected chi connectivity index (χ1v) is 10.6. The molecule has 1 aliphatic heterocycles. The van der Waals surface area contributed by atoms with Gasteiger partial charge in [-0.1, -0.05) is 30.3 Å². The lowest BCUT2D eigenvalue weighted by Crippen LogP contribution is -2.44. The van der Waals surface area contributed by atoms with Crippen molar-refractivity contribution in [1.29, 1.82) is 0 Å². The van der Waals surface area contributed by atoms with Gasteiger partial charge in [0.15, 0.2) is 0 Å². The lowest BCUT2D eigenvalue weighted by molar-refractivity contribution is -0.384. The summed E-state index contributed by atoms with van der Waals surface area (Å²) >= 11 is 0. The molecule has 2 N–H and O–H groups in total. The summed E-state index contributed by atoms with van der Waals surface area (Å²) < 4.78 is 0. The molecule has 0 spiro atoms. The molecular weight excluding hydrogens is 426 g/mol. The maximum Gasteiger partial charge on any atom is 0.328 e.